The molecule has 1 fully saturated rings. The summed E-state index contributed by atoms with van der Waals surface area (Å²) in [4.78, 5) is 23.5. The van der Waals surface area contributed by atoms with Crippen LogP contribution in [0, 0.1) is 5.92 Å². The Kier molecular flexibility index (Phi) is 6.73. The van der Waals surface area contributed by atoms with Crippen LogP contribution in [0.15, 0.2) is 30.7 Å². The lowest BCUT2D eigenvalue weighted by Crippen LogP contribution is -2.35. The van der Waals surface area contributed by atoms with Crippen LogP contribution >= 0.6 is 11.6 Å². The molecule has 1 aromatic heterocycles. The highest BCUT2D eigenvalue weighted by Gasteiger charge is 2.36. The smallest absolute Gasteiger partial charge is 0.261 e. The Morgan fingerprint density at radius 3 is 2.64 bits per heavy atom. The fourth-order valence-corrected chi connectivity index (χ4v) is 4.35. The number of aromatic nitrogens is 2. The van der Waals surface area contributed by atoms with Crippen molar-refractivity contribution in [2.24, 2.45) is 11.7 Å². The lowest BCUT2D eigenvalue weighted by atomic mass is 9.96. The van der Waals surface area contributed by atoms with Gasteiger partial charge in [-0.25, -0.2) is 9.97 Å². The lowest BCUT2D eigenvalue weighted by Gasteiger charge is -2.34. The van der Waals surface area contributed by atoms with E-state index in [2.05, 4.69) is 20.2 Å². The van der Waals surface area contributed by atoms with E-state index in [9.17, 15) is 15.0 Å². The number of nitrogens with two attached hydrogens (primary N) is 1. The average molecular weight is 474 g/mol. The van der Waals surface area contributed by atoms with Gasteiger partial charge in [0.1, 0.15) is 11.4 Å². The van der Waals surface area contributed by atoms with E-state index in [-0.39, 0.29) is 30.5 Å². The van der Waals surface area contributed by atoms with Crippen LogP contribution < -0.4 is 20.7 Å². The average Bonchev–Trinajstić information content (AvgIpc) is 3.16. The number of anilines is 2. The van der Waals surface area contributed by atoms with Gasteiger partial charge in [0.2, 0.25) is 0 Å². The summed E-state index contributed by atoms with van der Waals surface area (Å²) in [6.45, 7) is 3.39. The van der Waals surface area contributed by atoms with Gasteiger partial charge in [-0.15, -0.1) is 0 Å². The summed E-state index contributed by atoms with van der Waals surface area (Å²) in [6, 6.07) is 3.80. The number of fused-ring (bicyclic) bond motifs is 1. The molecule has 0 bridgehead atoms. The molecule has 1 atom stereocenters. The number of nitrogens with one attached hydrogen (secondary N) is 1. The van der Waals surface area contributed by atoms with E-state index >= 15 is 0 Å². The van der Waals surface area contributed by atoms with Gasteiger partial charge >= 0.3 is 0 Å². The Balaban J connectivity index is 1.65. The molecule has 176 valence electrons. The fourth-order valence-electron chi connectivity index (χ4n) is 4.25. The summed E-state index contributed by atoms with van der Waals surface area (Å²) < 4.78 is 6.03. The number of amides is 1. The Labute approximate surface area is 197 Å². The molecule has 0 saturated carbocycles. The highest BCUT2D eigenvalue weighted by molar-refractivity contribution is 6.30. The standard InChI is InChI=1S/C23H28ClN5O4/c1-23(13-31)8-15-6-18(28-22(32)17(9-25)21-26-10-16(24)11-27-21)19(7-20(15)33-23)29-4-2-14(12-30)3-5-29/h6-7,9-11,14,30-31H,2-5,8,12-13,25H2,1H3,(H,28,32)/b17-9+/t23-/m0/s1. The molecule has 0 aliphatic carbocycles. The quantitative estimate of drug-likeness (QED) is 0.468. The number of carbonyl (C=O) groups excluding carboxylic acids is 1. The van der Waals surface area contributed by atoms with E-state index in [4.69, 9.17) is 22.1 Å². The predicted molar refractivity (Wildman–Crippen MR) is 126 cm³/mol. The SMILES string of the molecule is C[C@@]1(CO)Cc2cc(NC(=O)/C(=C/N)c3ncc(Cl)cn3)c(N3CCC(CO)CC3)cc2O1. The first-order chi connectivity index (χ1) is 15.9. The third-order valence-electron chi connectivity index (χ3n) is 6.17. The van der Waals surface area contributed by atoms with Gasteiger partial charge in [-0.3, -0.25) is 4.79 Å². The summed E-state index contributed by atoms with van der Waals surface area (Å²) in [5.74, 6) is 0.688. The summed E-state index contributed by atoms with van der Waals surface area (Å²) in [6.07, 6.45) is 6.20. The van der Waals surface area contributed by atoms with E-state index in [0.717, 1.165) is 37.2 Å². The van der Waals surface area contributed by atoms with Gasteiger partial charge in [-0.2, -0.15) is 0 Å². The first-order valence-corrected chi connectivity index (χ1v) is 11.3. The second kappa shape index (κ2) is 9.54. The molecule has 3 heterocycles. The number of rotatable bonds is 6. The molecule has 4 rings (SSSR count). The number of carbonyl (C=O) groups is 1. The van der Waals surface area contributed by atoms with Crippen LogP contribution in [0.1, 0.15) is 31.2 Å². The van der Waals surface area contributed by atoms with Crippen LogP contribution in [-0.4, -0.2) is 58.0 Å². The van der Waals surface area contributed by atoms with Crippen LogP contribution in [0.2, 0.25) is 5.02 Å². The molecule has 5 N–H and O–H groups in total. The minimum atomic E-state index is -0.703. The predicted octanol–water partition coefficient (Wildman–Crippen LogP) is 1.96. The van der Waals surface area contributed by atoms with Gasteiger partial charge in [0.15, 0.2) is 5.82 Å². The molecule has 1 saturated heterocycles. The first kappa shape index (κ1) is 23.3. The highest BCUT2D eigenvalue weighted by atomic mass is 35.5. The van der Waals surface area contributed by atoms with E-state index in [1.54, 1.807) is 0 Å². The van der Waals surface area contributed by atoms with Crippen molar-refractivity contribution in [2.75, 3.05) is 36.5 Å². The maximum atomic E-state index is 13.2. The Morgan fingerprint density at radius 2 is 2.03 bits per heavy atom. The first-order valence-electron chi connectivity index (χ1n) is 10.9. The third-order valence-corrected chi connectivity index (χ3v) is 6.36. The number of hydrogen-bond donors (Lipinski definition) is 4. The van der Waals surface area contributed by atoms with Crippen LogP contribution in [0.4, 0.5) is 11.4 Å². The topological polar surface area (TPSA) is 134 Å². The maximum Gasteiger partial charge on any atom is 0.261 e. The molecule has 2 aliphatic heterocycles. The molecule has 10 heteroatoms. The number of ether oxygens (including phenoxy) is 1. The van der Waals surface area contributed by atoms with E-state index in [1.165, 1.54) is 18.6 Å². The molecule has 1 aromatic carbocycles. The van der Waals surface area contributed by atoms with Crippen LogP contribution in [0.25, 0.3) is 5.57 Å². The Hall–Kier alpha value is -2.88. The number of halogens is 1. The van der Waals surface area contributed by atoms with Crippen molar-refractivity contribution in [1.82, 2.24) is 9.97 Å². The second-order valence-corrected chi connectivity index (χ2v) is 9.17. The normalized spacial score (nSPS) is 21.0. The molecule has 0 unspecified atom stereocenters. The highest BCUT2D eigenvalue weighted by Crippen LogP contribution is 2.42. The molecule has 1 amide bonds. The number of benzene rings is 1. The summed E-state index contributed by atoms with van der Waals surface area (Å²) in [5.41, 5.74) is 7.48. The molecule has 0 spiro atoms. The second-order valence-electron chi connectivity index (χ2n) is 8.74. The molecular weight excluding hydrogens is 446 g/mol. The largest absolute Gasteiger partial charge is 0.484 e. The number of aliphatic hydroxyl groups excluding tert-OH is 2. The van der Waals surface area contributed by atoms with Crippen LogP contribution in [-0.2, 0) is 11.2 Å². The molecule has 9 nitrogen and oxygen atoms in total. The monoisotopic (exact) mass is 473 g/mol. The summed E-state index contributed by atoms with van der Waals surface area (Å²) in [5, 5.41) is 22.6. The number of hydrogen-bond acceptors (Lipinski definition) is 8. The van der Waals surface area contributed by atoms with Crippen LogP contribution in [0.3, 0.4) is 0 Å². The van der Waals surface area contributed by atoms with E-state index < -0.39 is 11.5 Å². The van der Waals surface area contributed by atoms with Crippen LogP contribution in [0.5, 0.6) is 5.75 Å². The molecular formula is C23H28ClN5O4. The molecule has 2 aliphatic rings. The fraction of sp³-hybridized carbons (Fsp3) is 0.435. The third kappa shape index (κ3) is 4.90. The van der Waals surface area contributed by atoms with Gasteiger partial charge < -0.3 is 30.9 Å². The molecule has 0 radical (unpaired) electrons. The van der Waals surface area contributed by atoms with Crippen molar-refractivity contribution in [1.29, 1.82) is 0 Å². The van der Waals surface area contributed by atoms with Gasteiger partial charge in [0.05, 0.1) is 28.6 Å². The summed E-state index contributed by atoms with van der Waals surface area (Å²) >= 11 is 5.86. The van der Waals surface area contributed by atoms with Gasteiger partial charge in [0, 0.05) is 56.3 Å². The van der Waals surface area contributed by atoms with Gasteiger partial charge in [0.25, 0.3) is 5.91 Å². The van der Waals surface area contributed by atoms with Crippen molar-refractivity contribution < 1.29 is 19.7 Å². The van der Waals surface area contributed by atoms with E-state index in [0.29, 0.717) is 22.9 Å². The zero-order valence-electron chi connectivity index (χ0n) is 18.4. The Bertz CT molecular complexity index is 1050. The molecule has 33 heavy (non-hydrogen) atoms. The Morgan fingerprint density at radius 1 is 1.33 bits per heavy atom. The number of piperidine rings is 1. The zero-order valence-corrected chi connectivity index (χ0v) is 19.2. The number of nitrogens with zero attached hydrogens (tertiary/aromatic N) is 3. The minimum Gasteiger partial charge on any atom is -0.484 e. The van der Waals surface area contributed by atoms with Crippen molar-refractivity contribution >= 4 is 34.5 Å². The van der Waals surface area contributed by atoms with Crippen molar-refractivity contribution in [3.8, 4) is 5.75 Å². The maximum absolute atomic E-state index is 13.2. The lowest BCUT2D eigenvalue weighted by molar-refractivity contribution is -0.111. The number of aliphatic hydroxyl groups is 2. The van der Waals surface area contributed by atoms with Gasteiger partial charge in [-0.1, -0.05) is 11.6 Å². The van der Waals surface area contributed by atoms with Crippen molar-refractivity contribution in [3.05, 3.63) is 47.1 Å². The van der Waals surface area contributed by atoms with Crippen molar-refractivity contribution in [2.45, 2.75) is 31.8 Å². The van der Waals surface area contributed by atoms with E-state index in [1.807, 2.05) is 19.1 Å². The zero-order chi connectivity index (χ0) is 23.6. The summed E-state index contributed by atoms with van der Waals surface area (Å²) in [7, 11) is 0. The molecule has 2 aromatic rings. The van der Waals surface area contributed by atoms with Gasteiger partial charge in [-0.05, 0) is 31.7 Å². The van der Waals surface area contributed by atoms with Crippen molar-refractivity contribution in [3.63, 3.8) is 0 Å². The minimum absolute atomic E-state index is 0.117.